The molecule has 0 unspecified atom stereocenters. The summed E-state index contributed by atoms with van der Waals surface area (Å²) in [7, 11) is 2.07. The van der Waals surface area contributed by atoms with Crippen molar-refractivity contribution in [1.82, 2.24) is 19.0 Å². The van der Waals surface area contributed by atoms with Crippen molar-refractivity contribution in [2.24, 2.45) is 7.05 Å². The third-order valence-corrected chi connectivity index (χ3v) is 6.25. The van der Waals surface area contributed by atoms with Crippen LogP contribution >= 0.6 is 0 Å². The van der Waals surface area contributed by atoms with Crippen molar-refractivity contribution in [3.63, 3.8) is 0 Å². The number of fused-ring (bicyclic) bond motifs is 1. The monoisotopic (exact) mass is 394 g/mol. The van der Waals surface area contributed by atoms with Gasteiger partial charge in [-0.05, 0) is 44.2 Å². The molecule has 1 aromatic carbocycles. The van der Waals surface area contributed by atoms with Gasteiger partial charge < -0.3 is 19.1 Å². The fourth-order valence-corrected chi connectivity index (χ4v) is 4.43. The van der Waals surface area contributed by atoms with Gasteiger partial charge in [-0.15, -0.1) is 0 Å². The third-order valence-electron chi connectivity index (χ3n) is 6.25. The number of carbonyl (C=O) groups is 1. The second-order valence-corrected chi connectivity index (χ2v) is 8.34. The van der Waals surface area contributed by atoms with Gasteiger partial charge in [0, 0.05) is 56.1 Å². The van der Waals surface area contributed by atoms with Crippen LogP contribution in [0.3, 0.4) is 0 Å². The van der Waals surface area contributed by atoms with Gasteiger partial charge in [-0.1, -0.05) is 18.2 Å². The topological polar surface area (TPSA) is 63.3 Å². The Morgan fingerprint density at radius 1 is 1.24 bits per heavy atom. The highest BCUT2D eigenvalue weighted by atomic mass is 16.3. The zero-order valence-corrected chi connectivity index (χ0v) is 17.3. The van der Waals surface area contributed by atoms with E-state index in [1.54, 1.807) is 6.20 Å². The number of piperidine rings is 1. The maximum Gasteiger partial charge on any atom is 0.222 e. The van der Waals surface area contributed by atoms with Crippen molar-refractivity contribution in [1.29, 1.82) is 0 Å². The summed E-state index contributed by atoms with van der Waals surface area (Å²) in [5, 5.41) is 12.2. The van der Waals surface area contributed by atoms with Crippen LogP contribution in [0.25, 0.3) is 10.9 Å². The molecule has 1 aliphatic rings. The molecule has 0 aliphatic carbocycles. The van der Waals surface area contributed by atoms with Gasteiger partial charge in [-0.25, -0.2) is 4.98 Å². The number of hydrogen-bond acceptors (Lipinski definition) is 3. The quantitative estimate of drug-likeness (QED) is 0.699. The van der Waals surface area contributed by atoms with Crippen LogP contribution in [0.15, 0.2) is 42.9 Å². The Hall–Kier alpha value is -2.60. The standard InChI is InChI=1S/C23H30N4O2/c1-18-24-12-15-27(18)17-23(29)10-13-26(14-11-23)22(28)9-5-6-19-16-25(2)21-8-4-3-7-20(19)21/h3-4,7-8,12,15-16,29H,5-6,9-11,13-14,17H2,1-2H3. The van der Waals surface area contributed by atoms with E-state index in [0.717, 1.165) is 18.7 Å². The summed E-state index contributed by atoms with van der Waals surface area (Å²) in [5.74, 6) is 1.11. The maximum absolute atomic E-state index is 12.7. The number of rotatable bonds is 6. The van der Waals surface area contributed by atoms with Gasteiger partial charge in [0.05, 0.1) is 12.1 Å². The van der Waals surface area contributed by atoms with Crippen molar-refractivity contribution < 1.29 is 9.90 Å². The average Bonchev–Trinajstić information content (AvgIpc) is 3.25. The average molecular weight is 395 g/mol. The lowest BCUT2D eigenvalue weighted by Gasteiger charge is -2.38. The maximum atomic E-state index is 12.7. The molecule has 0 radical (unpaired) electrons. The summed E-state index contributed by atoms with van der Waals surface area (Å²) in [6.07, 6.45) is 9.37. The lowest BCUT2D eigenvalue weighted by molar-refractivity contribution is -0.136. The Balaban J connectivity index is 1.27. The van der Waals surface area contributed by atoms with Crippen LogP contribution < -0.4 is 0 Å². The number of aliphatic hydroxyl groups is 1. The number of nitrogens with zero attached hydrogens (tertiary/aromatic N) is 4. The molecule has 0 bridgehead atoms. The number of aryl methyl sites for hydroxylation is 3. The van der Waals surface area contributed by atoms with Crippen molar-refractivity contribution in [3.8, 4) is 0 Å². The van der Waals surface area contributed by atoms with Crippen LogP contribution in [0.2, 0.25) is 0 Å². The van der Waals surface area contributed by atoms with Crippen molar-refractivity contribution in [2.45, 2.75) is 51.2 Å². The van der Waals surface area contributed by atoms with Crippen LogP contribution in [-0.4, -0.2) is 48.7 Å². The van der Waals surface area contributed by atoms with Crippen LogP contribution in [0, 0.1) is 6.92 Å². The van der Waals surface area contributed by atoms with E-state index in [-0.39, 0.29) is 5.91 Å². The summed E-state index contributed by atoms with van der Waals surface area (Å²) < 4.78 is 4.14. The molecule has 0 atom stereocenters. The van der Waals surface area contributed by atoms with E-state index < -0.39 is 5.60 Å². The summed E-state index contributed by atoms with van der Waals surface area (Å²) in [6.45, 7) is 3.73. The molecule has 1 fully saturated rings. The lowest BCUT2D eigenvalue weighted by atomic mass is 9.91. The van der Waals surface area contributed by atoms with Gasteiger partial charge in [0.2, 0.25) is 5.91 Å². The van der Waals surface area contributed by atoms with Crippen molar-refractivity contribution in [2.75, 3.05) is 13.1 Å². The Morgan fingerprint density at radius 3 is 2.72 bits per heavy atom. The molecular weight excluding hydrogens is 364 g/mol. The van der Waals surface area contributed by atoms with E-state index in [1.807, 2.05) is 22.6 Å². The first-order chi connectivity index (χ1) is 14.0. The number of para-hydroxylation sites is 1. The Bertz CT molecular complexity index is 995. The summed E-state index contributed by atoms with van der Waals surface area (Å²) in [4.78, 5) is 18.8. The number of hydrogen-bond donors (Lipinski definition) is 1. The SMILES string of the molecule is Cc1nccn1CC1(O)CCN(C(=O)CCCc2cn(C)c3ccccc23)CC1. The van der Waals surface area contributed by atoms with Gasteiger partial charge >= 0.3 is 0 Å². The molecule has 1 amide bonds. The predicted molar refractivity (Wildman–Crippen MR) is 114 cm³/mol. The molecule has 6 nitrogen and oxygen atoms in total. The molecule has 3 heterocycles. The first kappa shape index (κ1) is 19.7. The number of likely N-dealkylation sites (tertiary alicyclic amines) is 1. The Kier molecular flexibility index (Phi) is 5.46. The predicted octanol–water partition coefficient (Wildman–Crippen LogP) is 3.06. The molecule has 6 heteroatoms. The summed E-state index contributed by atoms with van der Waals surface area (Å²) in [5.41, 5.74) is 1.78. The van der Waals surface area contributed by atoms with E-state index in [2.05, 4.69) is 47.1 Å². The van der Waals surface area contributed by atoms with E-state index >= 15 is 0 Å². The second-order valence-electron chi connectivity index (χ2n) is 8.34. The van der Waals surface area contributed by atoms with Gasteiger partial charge in [-0.3, -0.25) is 4.79 Å². The van der Waals surface area contributed by atoms with Gasteiger partial charge in [0.1, 0.15) is 5.82 Å². The number of amides is 1. The number of aromatic nitrogens is 3. The fraction of sp³-hybridized carbons (Fsp3) is 0.478. The minimum absolute atomic E-state index is 0.200. The Labute approximate surface area is 171 Å². The molecule has 1 N–H and O–H groups in total. The minimum atomic E-state index is -0.759. The number of benzene rings is 1. The number of imidazole rings is 1. The molecule has 0 saturated carbocycles. The highest BCUT2D eigenvalue weighted by molar-refractivity contribution is 5.84. The molecule has 2 aromatic heterocycles. The summed E-state index contributed by atoms with van der Waals surface area (Å²) >= 11 is 0. The highest BCUT2D eigenvalue weighted by Gasteiger charge is 2.34. The second kappa shape index (κ2) is 8.03. The zero-order valence-electron chi connectivity index (χ0n) is 17.3. The molecule has 1 aliphatic heterocycles. The largest absolute Gasteiger partial charge is 0.388 e. The minimum Gasteiger partial charge on any atom is -0.388 e. The third kappa shape index (κ3) is 4.22. The summed E-state index contributed by atoms with van der Waals surface area (Å²) in [6, 6.07) is 8.41. The molecular formula is C23H30N4O2. The van der Waals surface area contributed by atoms with Gasteiger partial charge in [-0.2, -0.15) is 0 Å². The van der Waals surface area contributed by atoms with Crippen LogP contribution in [-0.2, 0) is 24.8 Å². The highest BCUT2D eigenvalue weighted by Crippen LogP contribution is 2.26. The fourth-order valence-electron chi connectivity index (χ4n) is 4.43. The molecule has 154 valence electrons. The van der Waals surface area contributed by atoms with Gasteiger partial charge in [0.25, 0.3) is 0 Å². The molecule has 29 heavy (non-hydrogen) atoms. The molecule has 3 aromatic rings. The van der Waals surface area contributed by atoms with Crippen molar-refractivity contribution in [3.05, 3.63) is 54.2 Å². The lowest BCUT2D eigenvalue weighted by Crippen LogP contribution is -2.48. The normalized spacial score (nSPS) is 16.4. The smallest absolute Gasteiger partial charge is 0.222 e. The van der Waals surface area contributed by atoms with E-state index in [9.17, 15) is 9.90 Å². The first-order valence-electron chi connectivity index (χ1n) is 10.5. The van der Waals surface area contributed by atoms with Gasteiger partial charge in [0.15, 0.2) is 0 Å². The van der Waals surface area contributed by atoms with Crippen LogP contribution in [0.1, 0.15) is 37.1 Å². The molecule has 0 spiro atoms. The van der Waals surface area contributed by atoms with Crippen LogP contribution in [0.4, 0.5) is 0 Å². The zero-order chi connectivity index (χ0) is 20.4. The Morgan fingerprint density at radius 2 is 2.00 bits per heavy atom. The van der Waals surface area contributed by atoms with E-state index in [4.69, 9.17) is 0 Å². The number of carbonyl (C=O) groups excluding carboxylic acids is 1. The van der Waals surface area contributed by atoms with Crippen molar-refractivity contribution >= 4 is 16.8 Å². The molecule has 4 rings (SSSR count). The molecule has 1 saturated heterocycles. The first-order valence-corrected chi connectivity index (χ1v) is 10.5. The van der Waals surface area contributed by atoms with E-state index in [1.165, 1.54) is 16.5 Å². The van der Waals surface area contributed by atoms with Crippen LogP contribution in [0.5, 0.6) is 0 Å². The van der Waals surface area contributed by atoms with E-state index in [0.29, 0.717) is 38.9 Å².